The van der Waals surface area contributed by atoms with E-state index in [0.717, 1.165) is 12.1 Å². The molecule has 5 heteroatoms. The fraction of sp³-hybridized carbons (Fsp3) is 0.278. The fourth-order valence-electron chi connectivity index (χ4n) is 2.43. The van der Waals surface area contributed by atoms with Crippen molar-refractivity contribution in [3.05, 3.63) is 71.8 Å². The maximum absolute atomic E-state index is 11.9. The first kappa shape index (κ1) is 17.3. The quantitative estimate of drug-likeness (QED) is 0.914. The van der Waals surface area contributed by atoms with E-state index in [0.29, 0.717) is 25.7 Å². The van der Waals surface area contributed by atoms with Gasteiger partial charge in [0.05, 0.1) is 0 Å². The van der Waals surface area contributed by atoms with Crippen molar-refractivity contribution in [2.75, 3.05) is 13.1 Å². The minimum absolute atomic E-state index is 0. The van der Waals surface area contributed by atoms with Gasteiger partial charge in [0.2, 0.25) is 0 Å². The molecular weight excluding hydrogens is 312 g/mol. The number of hydrogen-bond acceptors (Lipinski definition) is 3. The number of ether oxygens (including phenoxy) is 1. The molecule has 4 nitrogen and oxygen atoms in total. The topological polar surface area (TPSA) is 41.6 Å². The summed E-state index contributed by atoms with van der Waals surface area (Å²) < 4.78 is 5.30. The average Bonchev–Trinajstić information content (AvgIpc) is 2.53. The molecule has 23 heavy (non-hydrogen) atoms. The van der Waals surface area contributed by atoms with E-state index in [-0.39, 0.29) is 18.5 Å². The SMILES string of the molecule is Cl.O=C(OCc1ccccc1)N1CC(NCc2ccccc2)C1. The number of rotatable bonds is 5. The van der Waals surface area contributed by atoms with Gasteiger partial charge in [-0.25, -0.2) is 4.79 Å². The summed E-state index contributed by atoms with van der Waals surface area (Å²) in [7, 11) is 0. The zero-order valence-corrected chi connectivity index (χ0v) is 13.7. The van der Waals surface area contributed by atoms with Crippen LogP contribution in [0, 0.1) is 0 Å². The van der Waals surface area contributed by atoms with Crippen molar-refractivity contribution in [3.63, 3.8) is 0 Å². The van der Waals surface area contributed by atoms with Crippen LogP contribution >= 0.6 is 12.4 Å². The van der Waals surface area contributed by atoms with Crippen LogP contribution in [0.15, 0.2) is 60.7 Å². The van der Waals surface area contributed by atoms with Gasteiger partial charge in [0.25, 0.3) is 0 Å². The van der Waals surface area contributed by atoms with Crippen LogP contribution in [0.3, 0.4) is 0 Å². The molecule has 122 valence electrons. The summed E-state index contributed by atoms with van der Waals surface area (Å²) >= 11 is 0. The predicted octanol–water partition coefficient (Wildman–Crippen LogP) is 3.22. The Hall–Kier alpha value is -2.04. The van der Waals surface area contributed by atoms with Gasteiger partial charge >= 0.3 is 6.09 Å². The van der Waals surface area contributed by atoms with Crippen molar-refractivity contribution < 1.29 is 9.53 Å². The normalized spacial score (nSPS) is 13.8. The molecule has 0 aromatic heterocycles. The summed E-state index contributed by atoms with van der Waals surface area (Å²) in [4.78, 5) is 13.6. The number of nitrogens with one attached hydrogen (secondary N) is 1. The summed E-state index contributed by atoms with van der Waals surface area (Å²) in [5.41, 5.74) is 2.27. The molecule has 2 aromatic rings. The molecule has 2 aromatic carbocycles. The van der Waals surface area contributed by atoms with Crippen molar-refractivity contribution in [2.45, 2.75) is 19.2 Å². The highest BCUT2D eigenvalue weighted by molar-refractivity contribution is 5.85. The minimum Gasteiger partial charge on any atom is -0.445 e. The van der Waals surface area contributed by atoms with Crippen molar-refractivity contribution in [1.29, 1.82) is 0 Å². The highest BCUT2D eigenvalue weighted by atomic mass is 35.5. The second kappa shape index (κ2) is 8.56. The van der Waals surface area contributed by atoms with E-state index >= 15 is 0 Å². The number of carbonyl (C=O) groups excluding carboxylic acids is 1. The summed E-state index contributed by atoms with van der Waals surface area (Å²) in [6, 6.07) is 20.4. The molecule has 1 aliphatic rings. The first-order valence-electron chi connectivity index (χ1n) is 7.54. The zero-order valence-electron chi connectivity index (χ0n) is 12.9. The Morgan fingerprint density at radius 1 is 1.00 bits per heavy atom. The number of halogens is 1. The van der Waals surface area contributed by atoms with Gasteiger partial charge in [-0.05, 0) is 11.1 Å². The van der Waals surface area contributed by atoms with Gasteiger partial charge in [0.1, 0.15) is 6.61 Å². The lowest BCUT2D eigenvalue weighted by Gasteiger charge is -2.38. The molecular formula is C18H21ClN2O2. The molecule has 0 spiro atoms. The Balaban J connectivity index is 0.00000192. The van der Waals surface area contributed by atoms with E-state index in [2.05, 4.69) is 17.4 Å². The Morgan fingerprint density at radius 3 is 2.17 bits per heavy atom. The van der Waals surface area contributed by atoms with Crippen molar-refractivity contribution >= 4 is 18.5 Å². The number of carbonyl (C=O) groups is 1. The maximum atomic E-state index is 11.9. The number of benzene rings is 2. The van der Waals surface area contributed by atoms with Crippen LogP contribution in [-0.2, 0) is 17.9 Å². The Kier molecular flexibility index (Phi) is 6.44. The van der Waals surface area contributed by atoms with Crippen LogP contribution in [0.25, 0.3) is 0 Å². The van der Waals surface area contributed by atoms with Crippen LogP contribution in [0.4, 0.5) is 4.79 Å². The highest BCUT2D eigenvalue weighted by Gasteiger charge is 2.31. The Bertz CT molecular complexity index is 601. The van der Waals surface area contributed by atoms with Crippen LogP contribution in [0.1, 0.15) is 11.1 Å². The predicted molar refractivity (Wildman–Crippen MR) is 92.5 cm³/mol. The van der Waals surface area contributed by atoms with Crippen LogP contribution in [0.2, 0.25) is 0 Å². The molecule has 1 fully saturated rings. The largest absolute Gasteiger partial charge is 0.445 e. The lowest BCUT2D eigenvalue weighted by Crippen LogP contribution is -2.59. The van der Waals surface area contributed by atoms with E-state index in [1.165, 1.54) is 5.56 Å². The van der Waals surface area contributed by atoms with Gasteiger partial charge in [-0.15, -0.1) is 12.4 Å². The summed E-state index contributed by atoms with van der Waals surface area (Å²) in [6.45, 7) is 2.58. The van der Waals surface area contributed by atoms with Crippen LogP contribution in [-0.4, -0.2) is 30.1 Å². The molecule has 0 radical (unpaired) electrons. The number of amides is 1. The minimum atomic E-state index is -0.235. The van der Waals surface area contributed by atoms with E-state index in [4.69, 9.17) is 4.74 Å². The summed E-state index contributed by atoms with van der Waals surface area (Å²) in [5, 5.41) is 3.44. The third kappa shape index (κ3) is 4.98. The molecule has 0 unspecified atom stereocenters. The Labute approximate surface area is 142 Å². The first-order valence-corrected chi connectivity index (χ1v) is 7.54. The van der Waals surface area contributed by atoms with E-state index < -0.39 is 0 Å². The smallest absolute Gasteiger partial charge is 0.410 e. The molecule has 0 bridgehead atoms. The summed E-state index contributed by atoms with van der Waals surface area (Å²) in [6.07, 6.45) is -0.235. The molecule has 1 amide bonds. The molecule has 1 aliphatic heterocycles. The van der Waals surface area contributed by atoms with Crippen LogP contribution in [0.5, 0.6) is 0 Å². The van der Waals surface area contributed by atoms with Gasteiger partial charge in [-0.1, -0.05) is 60.7 Å². The van der Waals surface area contributed by atoms with Gasteiger partial charge in [0.15, 0.2) is 0 Å². The maximum Gasteiger partial charge on any atom is 0.410 e. The molecule has 3 rings (SSSR count). The number of likely N-dealkylation sites (tertiary alicyclic amines) is 1. The van der Waals surface area contributed by atoms with Crippen LogP contribution < -0.4 is 5.32 Å². The standard InChI is InChI=1S/C18H20N2O2.ClH/c21-18(22-14-16-9-5-2-6-10-16)20-12-17(13-20)19-11-15-7-3-1-4-8-15;/h1-10,17,19H,11-14H2;1H. The first-order chi connectivity index (χ1) is 10.8. The lowest BCUT2D eigenvalue weighted by molar-refractivity contribution is 0.0600. The molecule has 0 atom stereocenters. The second-order valence-electron chi connectivity index (χ2n) is 5.51. The van der Waals surface area contributed by atoms with Gasteiger partial charge < -0.3 is 15.0 Å². The van der Waals surface area contributed by atoms with E-state index in [1.54, 1.807) is 4.90 Å². The van der Waals surface area contributed by atoms with Crippen molar-refractivity contribution in [2.24, 2.45) is 0 Å². The zero-order chi connectivity index (χ0) is 15.2. The molecule has 1 heterocycles. The third-order valence-electron chi connectivity index (χ3n) is 3.78. The van der Waals surface area contributed by atoms with Gasteiger partial charge in [-0.2, -0.15) is 0 Å². The molecule has 1 N–H and O–H groups in total. The number of hydrogen-bond donors (Lipinski definition) is 1. The third-order valence-corrected chi connectivity index (χ3v) is 3.78. The average molecular weight is 333 g/mol. The fourth-order valence-corrected chi connectivity index (χ4v) is 2.43. The van der Waals surface area contributed by atoms with Crippen molar-refractivity contribution in [1.82, 2.24) is 10.2 Å². The number of nitrogens with zero attached hydrogens (tertiary/aromatic N) is 1. The summed E-state index contributed by atoms with van der Waals surface area (Å²) in [5.74, 6) is 0. The highest BCUT2D eigenvalue weighted by Crippen LogP contribution is 2.12. The van der Waals surface area contributed by atoms with Gasteiger partial charge in [-0.3, -0.25) is 0 Å². The van der Waals surface area contributed by atoms with Gasteiger partial charge in [0, 0.05) is 25.7 Å². The van der Waals surface area contributed by atoms with Crippen molar-refractivity contribution in [3.8, 4) is 0 Å². The second-order valence-corrected chi connectivity index (χ2v) is 5.51. The molecule has 1 saturated heterocycles. The Morgan fingerprint density at radius 2 is 1.57 bits per heavy atom. The monoisotopic (exact) mass is 332 g/mol. The van der Waals surface area contributed by atoms with E-state index in [9.17, 15) is 4.79 Å². The molecule has 0 saturated carbocycles. The molecule has 0 aliphatic carbocycles. The lowest BCUT2D eigenvalue weighted by atomic mass is 10.1. The van der Waals surface area contributed by atoms with E-state index in [1.807, 2.05) is 48.5 Å².